The first-order valence-electron chi connectivity index (χ1n) is 7.11. The third-order valence-corrected chi connectivity index (χ3v) is 7.35. The molecule has 3 rings (SSSR count). The van der Waals surface area contributed by atoms with Crippen LogP contribution in [0, 0.1) is 0 Å². The fourth-order valence-electron chi connectivity index (χ4n) is 2.44. The van der Waals surface area contributed by atoms with Crippen molar-refractivity contribution >= 4 is 29.6 Å². The second-order valence-corrected chi connectivity index (χ2v) is 9.42. The van der Waals surface area contributed by atoms with Crippen molar-refractivity contribution in [2.75, 3.05) is 0 Å². The second kappa shape index (κ2) is 5.48. The van der Waals surface area contributed by atoms with Gasteiger partial charge in [0.15, 0.2) is 0 Å². The van der Waals surface area contributed by atoms with E-state index in [4.69, 9.17) is 11.2 Å². The Morgan fingerprint density at radius 1 is 0.905 bits per heavy atom. The van der Waals surface area contributed by atoms with Crippen molar-refractivity contribution in [1.82, 2.24) is 4.34 Å². The minimum absolute atomic E-state index is 0.0439. The van der Waals surface area contributed by atoms with Gasteiger partial charge in [-0.15, -0.1) is 0 Å². The van der Waals surface area contributed by atoms with Gasteiger partial charge in [0.2, 0.25) is 0 Å². The predicted octanol–water partition coefficient (Wildman–Crippen LogP) is 6.51. The lowest BCUT2D eigenvalue weighted by molar-refractivity contribution is 0.784. The van der Waals surface area contributed by atoms with Crippen molar-refractivity contribution < 1.29 is 0 Å². The molecule has 3 aromatic rings. The summed E-state index contributed by atoms with van der Waals surface area (Å²) < 4.78 is 2.32. The summed E-state index contributed by atoms with van der Waals surface area (Å²) in [7, 11) is -0.835. The molecular weight excluding hydrogens is 297 g/mol. The highest BCUT2D eigenvalue weighted by atomic mass is 35.7. The Hall–Kier alpha value is -1.30. The zero-order valence-corrected chi connectivity index (χ0v) is 14.2. The molecule has 1 aromatic heterocycles. The molecule has 1 unspecified atom stereocenters. The Bertz CT molecular complexity index is 756. The first-order chi connectivity index (χ1) is 9.98. The Morgan fingerprint density at radius 3 is 2.19 bits per heavy atom. The maximum Gasteiger partial charge on any atom is 0.0993 e. The van der Waals surface area contributed by atoms with Crippen molar-refractivity contribution in [2.24, 2.45) is 0 Å². The number of nitrogens with zero attached hydrogens (tertiary/aromatic N) is 1. The van der Waals surface area contributed by atoms with Crippen LogP contribution < -0.4 is 0 Å². The van der Waals surface area contributed by atoms with E-state index in [1.54, 1.807) is 0 Å². The van der Waals surface area contributed by atoms with Gasteiger partial charge in [0.05, 0.1) is 18.6 Å². The highest BCUT2D eigenvalue weighted by Crippen LogP contribution is 2.58. The highest BCUT2D eigenvalue weighted by molar-refractivity contribution is 7.84. The van der Waals surface area contributed by atoms with E-state index in [2.05, 4.69) is 79.7 Å². The van der Waals surface area contributed by atoms with E-state index in [1.165, 1.54) is 22.2 Å². The molecule has 1 heterocycles. The van der Waals surface area contributed by atoms with Crippen molar-refractivity contribution in [3.63, 3.8) is 0 Å². The number of hydrogen-bond donors (Lipinski definition) is 0. The zero-order chi connectivity index (χ0) is 15.0. The molecule has 0 radical (unpaired) electrons. The summed E-state index contributed by atoms with van der Waals surface area (Å²) in [5.41, 5.74) is 3.63. The second-order valence-electron chi connectivity index (χ2n) is 6.20. The van der Waals surface area contributed by atoms with Crippen LogP contribution in [0.3, 0.4) is 0 Å². The minimum atomic E-state index is -0.835. The molecule has 1 atom stereocenters. The van der Waals surface area contributed by atoms with E-state index in [9.17, 15) is 0 Å². The zero-order valence-electron chi connectivity index (χ0n) is 12.5. The van der Waals surface area contributed by atoms with Crippen LogP contribution in [0.25, 0.3) is 22.2 Å². The summed E-state index contributed by atoms with van der Waals surface area (Å²) in [5.74, 6) is 0. The lowest BCUT2D eigenvalue weighted by Gasteiger charge is -2.28. The molecule has 0 aliphatic heterocycles. The monoisotopic (exact) mass is 315 g/mol. The Balaban J connectivity index is 2.29. The molecule has 21 heavy (non-hydrogen) atoms. The number of benzene rings is 2. The van der Waals surface area contributed by atoms with E-state index >= 15 is 0 Å². The van der Waals surface area contributed by atoms with Gasteiger partial charge in [-0.2, -0.15) is 0 Å². The van der Waals surface area contributed by atoms with Gasteiger partial charge >= 0.3 is 0 Å². The van der Waals surface area contributed by atoms with Gasteiger partial charge in [-0.25, -0.2) is 0 Å². The van der Waals surface area contributed by atoms with E-state index < -0.39 is 7.43 Å². The molecule has 0 saturated heterocycles. The van der Waals surface area contributed by atoms with Crippen molar-refractivity contribution in [1.29, 1.82) is 0 Å². The van der Waals surface area contributed by atoms with Gasteiger partial charge in [-0.05, 0) is 17.7 Å². The molecule has 1 nitrogen and oxygen atoms in total. The van der Waals surface area contributed by atoms with Crippen LogP contribution in [-0.2, 0) is 0 Å². The smallest absolute Gasteiger partial charge is 0.0993 e. The molecule has 108 valence electrons. The first kappa shape index (κ1) is 14.6. The number of aromatic nitrogens is 1. The molecule has 0 saturated carbocycles. The molecule has 2 aromatic carbocycles. The molecule has 0 aliphatic carbocycles. The molecule has 3 heteroatoms. The molecule has 0 N–H and O–H groups in total. The number of rotatable bonds is 2. The van der Waals surface area contributed by atoms with Crippen LogP contribution in [0.15, 0.2) is 60.7 Å². The maximum atomic E-state index is 6.89. The summed E-state index contributed by atoms with van der Waals surface area (Å²) in [6.07, 6.45) is 0. The minimum Gasteiger partial charge on any atom is -0.305 e. The third kappa shape index (κ3) is 2.73. The standard InChI is InChI=1S/C18H19ClNP/c1-18(2,3)21(19)20-16-12-8-7-11-15(16)13-17(20)14-9-5-4-6-10-14/h4-13H,1-3H3. The fraction of sp³-hybridized carbons (Fsp3) is 0.222. The molecule has 0 fully saturated rings. The SMILES string of the molecule is CC(C)(C)P(Cl)n1c(-c2ccccc2)cc2ccccc21. The first-order valence-corrected chi connectivity index (χ1v) is 9.30. The van der Waals surface area contributed by atoms with Crippen LogP contribution in [0.5, 0.6) is 0 Å². The Morgan fingerprint density at radius 2 is 1.52 bits per heavy atom. The van der Waals surface area contributed by atoms with Crippen LogP contribution in [0.4, 0.5) is 0 Å². The van der Waals surface area contributed by atoms with Gasteiger partial charge in [0.25, 0.3) is 0 Å². The molecular formula is C18H19ClNP. The fourth-order valence-corrected chi connectivity index (χ4v) is 4.27. The Labute approximate surface area is 132 Å². The highest BCUT2D eigenvalue weighted by Gasteiger charge is 2.27. The maximum absolute atomic E-state index is 6.89. The Kier molecular flexibility index (Phi) is 3.82. The number of halogens is 1. The van der Waals surface area contributed by atoms with Crippen molar-refractivity contribution in [3.05, 3.63) is 60.7 Å². The van der Waals surface area contributed by atoms with Crippen LogP contribution in [0.1, 0.15) is 20.8 Å². The number of para-hydroxylation sites is 1. The summed E-state index contributed by atoms with van der Waals surface area (Å²) >= 11 is 6.89. The van der Waals surface area contributed by atoms with Gasteiger partial charge in [-0.3, -0.25) is 0 Å². The van der Waals surface area contributed by atoms with Crippen molar-refractivity contribution in [2.45, 2.75) is 25.9 Å². The van der Waals surface area contributed by atoms with Crippen LogP contribution in [0.2, 0.25) is 0 Å². The van der Waals surface area contributed by atoms with Crippen molar-refractivity contribution in [3.8, 4) is 11.3 Å². The third-order valence-electron chi connectivity index (χ3n) is 3.48. The van der Waals surface area contributed by atoms with Gasteiger partial charge < -0.3 is 4.34 Å². The number of hydrogen-bond acceptors (Lipinski definition) is 0. The van der Waals surface area contributed by atoms with Gasteiger partial charge in [0, 0.05) is 10.5 Å². The topological polar surface area (TPSA) is 4.93 Å². The van der Waals surface area contributed by atoms with E-state index in [-0.39, 0.29) is 5.16 Å². The molecule has 0 bridgehead atoms. The summed E-state index contributed by atoms with van der Waals surface area (Å²) in [4.78, 5) is 0. The summed E-state index contributed by atoms with van der Waals surface area (Å²) in [6.45, 7) is 6.61. The average molecular weight is 316 g/mol. The van der Waals surface area contributed by atoms with Crippen LogP contribution >= 0.6 is 18.7 Å². The van der Waals surface area contributed by atoms with Crippen LogP contribution in [-0.4, -0.2) is 9.49 Å². The van der Waals surface area contributed by atoms with Gasteiger partial charge in [0.1, 0.15) is 0 Å². The normalized spacial score (nSPS) is 13.5. The molecule has 0 aliphatic rings. The predicted molar refractivity (Wildman–Crippen MR) is 95.3 cm³/mol. The van der Waals surface area contributed by atoms with Gasteiger partial charge in [-0.1, -0.05) is 80.5 Å². The average Bonchev–Trinajstić information content (AvgIpc) is 2.85. The molecule has 0 amide bonds. The quantitative estimate of drug-likeness (QED) is 0.475. The summed E-state index contributed by atoms with van der Waals surface area (Å²) in [5, 5.41) is 1.29. The largest absolute Gasteiger partial charge is 0.305 e. The van der Waals surface area contributed by atoms with E-state index in [1.807, 2.05) is 6.07 Å². The van der Waals surface area contributed by atoms with E-state index in [0.29, 0.717) is 0 Å². The number of fused-ring (bicyclic) bond motifs is 1. The lowest BCUT2D eigenvalue weighted by atomic mass is 10.1. The van der Waals surface area contributed by atoms with E-state index in [0.717, 1.165) is 0 Å². The summed E-state index contributed by atoms with van der Waals surface area (Å²) in [6, 6.07) is 21.2. The lowest BCUT2D eigenvalue weighted by Crippen LogP contribution is -2.13. The molecule has 0 spiro atoms.